The second-order valence-corrected chi connectivity index (χ2v) is 17.7. The molecule has 0 heterocycles. The predicted octanol–water partition coefficient (Wildman–Crippen LogP) is 9.07. The Labute approximate surface area is 429 Å². The fraction of sp³-hybridized carbons (Fsp3) is 0.276. The van der Waals surface area contributed by atoms with E-state index >= 15 is 0 Å². The molecule has 74 heavy (non-hydrogen) atoms. The van der Waals surface area contributed by atoms with Crippen molar-refractivity contribution in [3.05, 3.63) is 196 Å². The lowest BCUT2D eigenvalue weighted by atomic mass is 9.90. The first kappa shape index (κ1) is 54.8. The van der Waals surface area contributed by atoms with Gasteiger partial charge in [0.25, 0.3) is 0 Å². The maximum absolute atomic E-state index is 13.7. The van der Waals surface area contributed by atoms with E-state index in [1.165, 1.54) is 57.7 Å². The zero-order chi connectivity index (χ0) is 53.1. The number of aryl methyl sites for hydroxylation is 3. The summed E-state index contributed by atoms with van der Waals surface area (Å²) >= 11 is 0. The molecule has 0 N–H and O–H groups in total. The molecule has 0 saturated heterocycles. The van der Waals surface area contributed by atoms with Gasteiger partial charge in [-0.1, -0.05) is 53.1 Å². The Bertz CT molecular complexity index is 2520. The minimum absolute atomic E-state index is 0.145. The first-order valence-electron chi connectivity index (χ1n) is 23.4. The number of hydrogen-bond acceptors (Lipinski definition) is 16. The van der Waals surface area contributed by atoms with E-state index in [1.807, 2.05) is 20.8 Å². The van der Waals surface area contributed by atoms with Crippen LogP contribution < -0.4 is 14.2 Å². The minimum Gasteiger partial charge on any atom is -0.497 e. The summed E-state index contributed by atoms with van der Waals surface area (Å²) in [7, 11) is 4.44. The third-order valence-electron chi connectivity index (χ3n) is 11.7. The summed E-state index contributed by atoms with van der Waals surface area (Å²) in [6.07, 6.45) is 0. The van der Waals surface area contributed by atoms with Crippen LogP contribution in [0.25, 0.3) is 0 Å². The van der Waals surface area contributed by atoms with Gasteiger partial charge in [0, 0.05) is 0 Å². The second-order valence-electron chi connectivity index (χ2n) is 17.7. The van der Waals surface area contributed by atoms with Crippen molar-refractivity contribution in [2.45, 2.75) is 20.8 Å². The zero-order valence-corrected chi connectivity index (χ0v) is 42.0. The molecule has 0 atom stereocenters. The monoisotopic (exact) mass is 1010 g/mol. The maximum atomic E-state index is 13.7. The third kappa shape index (κ3) is 15.7. The highest BCUT2D eigenvalue weighted by Crippen LogP contribution is 2.29. The molecule has 0 spiro atoms. The minimum atomic E-state index is -1.69. The van der Waals surface area contributed by atoms with E-state index in [2.05, 4.69) is 0 Å². The van der Waals surface area contributed by atoms with Crippen LogP contribution in [0.4, 0.5) is 0 Å². The van der Waals surface area contributed by atoms with Gasteiger partial charge in [-0.25, -0.2) is 28.8 Å². The molecule has 0 aliphatic carbocycles. The van der Waals surface area contributed by atoms with Crippen molar-refractivity contribution >= 4 is 35.8 Å². The fourth-order valence-electron chi connectivity index (χ4n) is 7.05. The van der Waals surface area contributed by atoms with Crippen molar-refractivity contribution < 1.29 is 76.1 Å². The van der Waals surface area contributed by atoms with E-state index in [1.54, 1.807) is 109 Å². The Morgan fingerprint density at radius 3 is 0.635 bits per heavy atom. The molecule has 0 saturated carbocycles. The number of carbonyl (C=O) groups is 6. The molecular formula is C58H58O16. The van der Waals surface area contributed by atoms with Gasteiger partial charge in [-0.15, -0.1) is 0 Å². The van der Waals surface area contributed by atoms with Crippen molar-refractivity contribution in [2.75, 3.05) is 74.2 Å². The summed E-state index contributed by atoms with van der Waals surface area (Å²) in [6.45, 7) is 1.33. The van der Waals surface area contributed by atoms with E-state index in [0.29, 0.717) is 17.2 Å². The highest BCUT2D eigenvalue weighted by molar-refractivity contribution is 5.92. The molecule has 16 nitrogen and oxygen atoms in total. The number of rotatable bonds is 25. The first-order chi connectivity index (χ1) is 35.6. The molecule has 6 rings (SSSR count). The Morgan fingerprint density at radius 1 is 0.284 bits per heavy atom. The number of esters is 6. The van der Waals surface area contributed by atoms with Crippen molar-refractivity contribution in [3.8, 4) is 17.2 Å². The molecule has 6 aromatic rings. The Morgan fingerprint density at radius 2 is 0.459 bits per heavy atom. The van der Waals surface area contributed by atoms with Gasteiger partial charge in [0.2, 0.25) is 0 Å². The van der Waals surface area contributed by atoms with Gasteiger partial charge in [-0.3, -0.25) is 0 Å². The van der Waals surface area contributed by atoms with E-state index in [9.17, 15) is 28.8 Å². The van der Waals surface area contributed by atoms with Gasteiger partial charge in [-0.05, 0) is 130 Å². The number of hydrogen-bond donors (Lipinski definition) is 0. The van der Waals surface area contributed by atoms with Crippen LogP contribution in [0.5, 0.6) is 17.2 Å². The lowest BCUT2D eigenvalue weighted by molar-refractivity contribution is -0.112. The predicted molar refractivity (Wildman–Crippen MR) is 270 cm³/mol. The van der Waals surface area contributed by atoms with Crippen LogP contribution in [0.2, 0.25) is 0 Å². The molecule has 16 heteroatoms. The lowest BCUT2D eigenvalue weighted by Crippen LogP contribution is -2.47. The highest BCUT2D eigenvalue weighted by atomic mass is 16.6. The van der Waals surface area contributed by atoms with Crippen LogP contribution in [-0.4, -0.2) is 110 Å². The summed E-state index contributed by atoms with van der Waals surface area (Å²) < 4.78 is 57.8. The zero-order valence-electron chi connectivity index (χ0n) is 42.0. The van der Waals surface area contributed by atoms with Gasteiger partial charge >= 0.3 is 35.8 Å². The number of carbonyl (C=O) groups excluding carboxylic acids is 6. The summed E-state index contributed by atoms with van der Waals surface area (Å²) in [4.78, 5) is 82.2. The average Bonchev–Trinajstić information content (AvgIpc) is 3.43. The van der Waals surface area contributed by atoms with E-state index in [4.69, 9.17) is 47.4 Å². The molecule has 6 aromatic carbocycles. The molecular weight excluding hydrogens is 953 g/mol. The number of ether oxygens (including phenoxy) is 10. The van der Waals surface area contributed by atoms with Gasteiger partial charge < -0.3 is 47.4 Å². The molecule has 386 valence electrons. The van der Waals surface area contributed by atoms with Gasteiger partial charge in [0.05, 0.1) is 78.8 Å². The Kier molecular flexibility index (Phi) is 19.5. The van der Waals surface area contributed by atoms with E-state index in [-0.39, 0.29) is 33.4 Å². The van der Waals surface area contributed by atoms with Gasteiger partial charge in [0.15, 0.2) is 0 Å². The van der Waals surface area contributed by atoms with E-state index < -0.39 is 99.5 Å². The summed E-state index contributed by atoms with van der Waals surface area (Å²) in [5, 5.41) is 0. The second kappa shape index (κ2) is 26.3. The van der Waals surface area contributed by atoms with E-state index in [0.717, 1.165) is 16.7 Å². The molecule has 0 radical (unpaired) electrons. The Hall–Kier alpha value is -8.50. The van der Waals surface area contributed by atoms with Gasteiger partial charge in [-0.2, -0.15) is 0 Å². The largest absolute Gasteiger partial charge is 0.497 e. The van der Waals surface area contributed by atoms with Crippen molar-refractivity contribution in [1.82, 2.24) is 0 Å². The topological polar surface area (TPSA) is 195 Å². The first-order valence-corrected chi connectivity index (χ1v) is 23.4. The molecule has 0 aromatic heterocycles. The van der Waals surface area contributed by atoms with Crippen LogP contribution in [0.15, 0.2) is 146 Å². The third-order valence-corrected chi connectivity index (χ3v) is 11.7. The molecule has 0 aliphatic rings. The van der Waals surface area contributed by atoms with Crippen LogP contribution in [0.3, 0.4) is 0 Å². The quantitative estimate of drug-likeness (QED) is 0.0389. The lowest BCUT2D eigenvalue weighted by Gasteiger charge is -2.35. The number of methoxy groups -OCH3 is 3. The molecule has 0 fully saturated rings. The van der Waals surface area contributed by atoms with Crippen molar-refractivity contribution in [2.24, 2.45) is 10.8 Å². The van der Waals surface area contributed by atoms with Crippen LogP contribution >= 0.6 is 0 Å². The summed E-state index contributed by atoms with van der Waals surface area (Å²) in [6, 6.07) is 38.4. The number of benzene rings is 6. The maximum Gasteiger partial charge on any atom is 0.338 e. The molecule has 0 unspecified atom stereocenters. The van der Waals surface area contributed by atoms with Gasteiger partial charge in [0.1, 0.15) is 56.9 Å². The van der Waals surface area contributed by atoms with Crippen molar-refractivity contribution in [1.29, 1.82) is 0 Å². The normalized spacial score (nSPS) is 11.1. The van der Waals surface area contributed by atoms with Crippen LogP contribution in [0, 0.1) is 31.6 Å². The van der Waals surface area contributed by atoms with Crippen molar-refractivity contribution in [3.63, 3.8) is 0 Å². The molecule has 0 aliphatic heterocycles. The standard InChI is InChI=1S/C58H58O16/c1-39-7-13-42(14-8-39)51(59)69-33-57(34-70-52(60)43-15-9-40(2)10-16-43,35-71-53(61)44-17-11-41(3)12-18-44)31-68-32-58(36-72-54(62)45-19-25-48(65-4)26-20-45,37-73-55(63)46-21-27-49(66-5)28-22-46)38-74-56(64)47-23-29-50(67-6)30-24-47/h7-30H,31-38H2,1-6H3. The smallest absolute Gasteiger partial charge is 0.338 e. The molecule has 0 amide bonds. The summed E-state index contributed by atoms with van der Waals surface area (Å²) in [5.41, 5.74) is 0.452. The van der Waals surface area contributed by atoms with Crippen LogP contribution in [0.1, 0.15) is 78.8 Å². The summed E-state index contributed by atoms with van der Waals surface area (Å²) in [5.74, 6) is -3.11. The highest BCUT2D eigenvalue weighted by Gasteiger charge is 2.41. The fourth-order valence-corrected chi connectivity index (χ4v) is 7.05. The average molecular weight is 1010 g/mol. The molecule has 0 bridgehead atoms. The SMILES string of the molecule is COc1ccc(C(=O)OCC(COCC(COC(=O)c2ccc(C)cc2)(COC(=O)c2ccc(C)cc2)COC(=O)c2ccc(C)cc2)(COC(=O)c2ccc(OC)cc2)COC(=O)c2ccc(OC)cc2)cc1. The van der Waals surface area contributed by atoms with Crippen LogP contribution in [-0.2, 0) is 33.2 Å². The Balaban J connectivity index is 1.38.